The predicted molar refractivity (Wildman–Crippen MR) is 582 cm³/mol. The van der Waals surface area contributed by atoms with E-state index in [4.69, 9.17) is 127 Å². The molecule has 17 aromatic rings. The van der Waals surface area contributed by atoms with Crippen LogP contribution in [0, 0.1) is 208 Å². The monoisotopic (exact) mass is 2140 g/mol. The molecule has 0 atom stereocenters. The zero-order valence-electron chi connectivity index (χ0n) is 82.3. The molecule has 0 saturated heterocycles. The lowest BCUT2D eigenvalue weighted by Gasteiger charge is -2.04. The number of benzene rings is 14. The maximum atomic E-state index is 12.9. The third kappa shape index (κ3) is 44.0. The van der Waals surface area contributed by atoms with Crippen molar-refractivity contribution in [3.63, 3.8) is 0 Å². The number of nitrogens with zero attached hydrogens (tertiary/aromatic N) is 2. The molecule has 3 aromatic heterocycles. The Morgan fingerprint density at radius 1 is 0.277 bits per heavy atom. The van der Waals surface area contributed by atoms with E-state index in [9.17, 15) is 48.3 Å². The second kappa shape index (κ2) is 64.1. The maximum absolute atomic E-state index is 12.9. The largest absolute Gasteiger partial charge is 0.495 e. The van der Waals surface area contributed by atoms with Crippen LogP contribution in [0.3, 0.4) is 0 Å². The highest BCUT2D eigenvalue weighted by Gasteiger charge is 2.12. The topological polar surface area (TPSA) is 19.1 Å². The summed E-state index contributed by atoms with van der Waals surface area (Å²) < 4.78 is 149. The van der Waals surface area contributed by atoms with Gasteiger partial charge in [-0.2, -0.15) is 0 Å². The lowest BCUT2D eigenvalue weighted by atomic mass is 10.1. The van der Waals surface area contributed by atoms with Gasteiger partial charge in [0.2, 0.25) is 0 Å². The molecule has 0 fully saturated rings. The number of ether oxygens (including phenoxy) is 1. The molecule has 0 N–H and O–H groups in total. The van der Waals surface area contributed by atoms with Gasteiger partial charge in [-0.1, -0.05) is 274 Å². The van der Waals surface area contributed by atoms with Crippen LogP contribution in [-0.4, -0.2) is 16.2 Å². The first-order valence-corrected chi connectivity index (χ1v) is 47.9. The maximum Gasteiger partial charge on any atom is 0.147 e. The van der Waals surface area contributed by atoms with Crippen LogP contribution in [0.2, 0.25) is 49.5 Å². The van der Waals surface area contributed by atoms with E-state index >= 15 is 0 Å². The first-order valence-electron chi connectivity index (χ1n) is 43.3. The molecule has 0 radical (unpaired) electrons. The summed E-state index contributed by atoms with van der Waals surface area (Å²) in [7, 11) is 5.71. The van der Waals surface area contributed by atoms with E-state index in [2.05, 4.69) is 71.6 Å². The van der Waals surface area contributed by atoms with Crippen molar-refractivity contribution in [1.82, 2.24) is 9.13 Å². The minimum absolute atomic E-state index is 0.00154. The fraction of sp³-hybridized carbons (Fsp3) is 0.190. The van der Waals surface area contributed by atoms with Gasteiger partial charge in [0.1, 0.15) is 74.8 Å². The Balaban J connectivity index is 0.000000389. The molecule has 17 rings (SSSR count). The summed E-state index contributed by atoms with van der Waals surface area (Å²) in [5.41, 5.74) is 18.4. The Bertz CT molecular complexity index is 6280. The molecule has 0 aliphatic carbocycles. The molecule has 3 heterocycles. The molecular formula is C116H113Cl10F11N2OS. The Morgan fingerprint density at radius 2 is 0.674 bits per heavy atom. The molecule has 0 amide bonds. The highest BCUT2D eigenvalue weighted by molar-refractivity contribution is 7.14. The third-order valence-electron chi connectivity index (χ3n) is 20.0. The third-order valence-corrected chi connectivity index (χ3v) is 24.4. The molecule has 0 spiro atoms. The van der Waals surface area contributed by atoms with Crippen molar-refractivity contribution in [1.29, 1.82) is 0 Å². The van der Waals surface area contributed by atoms with Gasteiger partial charge in [-0.3, -0.25) is 0 Å². The standard InChI is InChI=1S/C10H11N.C9H8ClN.C9H7F.C8H9ClO.C8H9Cl.4C8H9F.C7H5Cl2F.2C7H5ClF2.C7H6ClF.C7H7Cl.C5H5ClS/c1-8-7-11(2)10-6-4-3-5-9(8)10;1-11-6-5-7-8(10)3-2-4-9(7)11;1-3-8-6-4-5-7(2)9(8)10;1-6-4-3-5-7(9)8(6)10-2;4*1-6-3-4-7(2)8(9)5-6;1-6-4-3-5-7(2)8(6)9;1-4-2-3-5(8)6(9)7(4)10;1-4-6(9)3-2-5(8)7(4)10;1-4-2-3-5(9)6(8)7(4)10;1-5-3-2-4-6(8)7(5)9;1-6-3-2-4-7(8)5-6;1-4-2-3-7-5(4)6/h3-7H,1-2H3;2-6H,1H3;1,4-6H,2H3;3-5H,1-2H3;5*3-5H,1-2H3;3*2-3H,1H3;2-4H,1H3;2-5H,1H3;2-3H,1H3. The number of halogens is 21. The van der Waals surface area contributed by atoms with Gasteiger partial charge in [-0.25, -0.2) is 48.3 Å². The molecule has 25 heteroatoms. The van der Waals surface area contributed by atoms with Crippen LogP contribution >= 0.6 is 127 Å². The number of rotatable bonds is 1. The molecule has 0 unspecified atom stereocenters. The fourth-order valence-corrected chi connectivity index (χ4v) is 14.3. The van der Waals surface area contributed by atoms with Crippen molar-refractivity contribution in [2.24, 2.45) is 14.1 Å². The Kier molecular flexibility index (Phi) is 56.6. The summed E-state index contributed by atoms with van der Waals surface area (Å²) in [4.78, 5) is 0. The number of terminal acetylenes is 1. The number of methoxy groups -OCH3 is 1. The highest BCUT2D eigenvalue weighted by Crippen LogP contribution is 2.31. The van der Waals surface area contributed by atoms with Crippen LogP contribution in [0.15, 0.2) is 279 Å². The number of aryl methyl sites for hydroxylation is 20. The zero-order chi connectivity index (χ0) is 106. The molecular weight excluding hydrogens is 2030 g/mol. The second-order valence-electron chi connectivity index (χ2n) is 31.9. The van der Waals surface area contributed by atoms with Crippen molar-refractivity contribution in [2.75, 3.05) is 7.11 Å². The minimum Gasteiger partial charge on any atom is -0.495 e. The van der Waals surface area contributed by atoms with E-state index in [1.54, 1.807) is 147 Å². The van der Waals surface area contributed by atoms with Crippen LogP contribution in [0.4, 0.5) is 48.3 Å². The lowest BCUT2D eigenvalue weighted by molar-refractivity contribution is 0.412. The molecule has 3 nitrogen and oxygen atoms in total. The molecule has 14 aromatic carbocycles. The van der Waals surface area contributed by atoms with E-state index in [0.29, 0.717) is 49.5 Å². The molecule has 746 valence electrons. The Hall–Kier alpha value is -10.7. The molecule has 141 heavy (non-hydrogen) atoms. The van der Waals surface area contributed by atoms with E-state index in [-0.39, 0.29) is 60.6 Å². The minimum atomic E-state index is -0.718. The van der Waals surface area contributed by atoms with Gasteiger partial charge in [-0.15, -0.1) is 17.8 Å². The highest BCUT2D eigenvalue weighted by atomic mass is 35.5. The SMILES string of the molecule is C#Cc1cccc(C)c1F.COc1c(C)cccc1Cl.Cc1c(F)ccc(Cl)c1F.Cc1ccc(C)c(Cl)c1.Cc1ccc(C)c(F)c1.Cc1ccc(C)c(F)c1.Cc1ccc(C)c(F)c1.Cc1ccc(Cl)c(Cl)c1F.Cc1ccc(F)c(Cl)c1F.Cc1cccc(C)c1F.Cc1cccc(Cl)c1.Cc1cccc(Cl)c1F.Cc1ccsc1Cl.Cc1cn(C)c2ccccc12.Cn1ccc2c(Cl)cccc21. The van der Waals surface area contributed by atoms with Gasteiger partial charge in [0.05, 0.1) is 42.1 Å². The second-order valence-corrected chi connectivity index (χ2v) is 37.1. The van der Waals surface area contributed by atoms with Gasteiger partial charge in [0.25, 0.3) is 0 Å². The number of para-hydroxylation sites is 2. The van der Waals surface area contributed by atoms with Crippen molar-refractivity contribution in [3.05, 3.63) is 503 Å². The molecule has 0 saturated carbocycles. The number of fused-ring (bicyclic) bond motifs is 2. The van der Waals surface area contributed by atoms with Crippen LogP contribution in [0.25, 0.3) is 21.8 Å². The fourth-order valence-electron chi connectivity index (χ4n) is 11.5. The van der Waals surface area contributed by atoms with Crippen LogP contribution in [0.5, 0.6) is 5.75 Å². The summed E-state index contributed by atoms with van der Waals surface area (Å²) in [6.45, 7) is 34.5. The van der Waals surface area contributed by atoms with Gasteiger partial charge < -0.3 is 13.9 Å². The smallest absolute Gasteiger partial charge is 0.147 e. The van der Waals surface area contributed by atoms with Crippen molar-refractivity contribution < 1.29 is 53.0 Å². The van der Waals surface area contributed by atoms with Gasteiger partial charge >= 0.3 is 0 Å². The van der Waals surface area contributed by atoms with E-state index < -0.39 is 34.1 Å². The van der Waals surface area contributed by atoms with Crippen LogP contribution < -0.4 is 4.74 Å². The molecule has 0 aliphatic rings. The molecule has 0 aliphatic heterocycles. The van der Waals surface area contributed by atoms with Crippen molar-refractivity contribution in [2.45, 2.75) is 132 Å². The normalized spacial score (nSPS) is 9.80. The Labute approximate surface area is 878 Å². The average molecular weight is 2150 g/mol. The summed E-state index contributed by atoms with van der Waals surface area (Å²) in [6.07, 6.45) is 9.20. The lowest BCUT2D eigenvalue weighted by Crippen LogP contribution is -1.87. The number of hydrogen-bond donors (Lipinski definition) is 0. The first-order chi connectivity index (χ1) is 66.3. The number of thiophene rings is 1. The number of aromatic nitrogens is 2. The summed E-state index contributed by atoms with van der Waals surface area (Å²) in [5.74, 6) is -1.09. The predicted octanol–water partition coefficient (Wildman–Crippen LogP) is 40.3. The van der Waals surface area contributed by atoms with Gasteiger partial charge in [0.15, 0.2) is 0 Å². The summed E-state index contributed by atoms with van der Waals surface area (Å²) in [5, 5.41) is 7.59. The van der Waals surface area contributed by atoms with Crippen LogP contribution in [0.1, 0.15) is 111 Å². The van der Waals surface area contributed by atoms with Crippen LogP contribution in [-0.2, 0) is 14.1 Å². The van der Waals surface area contributed by atoms with Crippen molar-refractivity contribution >= 4 is 149 Å². The van der Waals surface area contributed by atoms with Crippen molar-refractivity contribution in [3.8, 4) is 18.1 Å². The quantitative estimate of drug-likeness (QED) is 0.0694. The van der Waals surface area contributed by atoms with Gasteiger partial charge in [0, 0.05) is 68.9 Å². The molecule has 0 bridgehead atoms. The Morgan fingerprint density at radius 3 is 1.06 bits per heavy atom. The number of hydrogen-bond acceptors (Lipinski definition) is 2. The van der Waals surface area contributed by atoms with E-state index in [1.807, 2.05) is 177 Å². The summed E-state index contributed by atoms with van der Waals surface area (Å²) in [6, 6.07) is 76.9. The van der Waals surface area contributed by atoms with E-state index in [1.165, 1.54) is 88.9 Å². The average Bonchev–Trinajstić information content (AvgIpc) is 1.67. The summed E-state index contributed by atoms with van der Waals surface area (Å²) >= 11 is 57.4. The zero-order valence-corrected chi connectivity index (χ0v) is 90.7. The first kappa shape index (κ1) is 125. The van der Waals surface area contributed by atoms with Gasteiger partial charge in [-0.05, 0) is 346 Å². The van der Waals surface area contributed by atoms with E-state index in [0.717, 1.165) is 81.6 Å².